The summed E-state index contributed by atoms with van der Waals surface area (Å²) in [4.78, 5) is 15.5. The molecule has 2 aliphatic rings. The third-order valence-electron chi connectivity index (χ3n) is 3.74. The Bertz CT molecular complexity index is 891. The molecule has 2 aliphatic heterocycles. The van der Waals surface area contributed by atoms with Gasteiger partial charge in [-0.1, -0.05) is 18.2 Å². The SMILES string of the molecule is CN1C=NC=C2N=C(c3ccc(F)cc3)c3ccccc3N=C21. The molecule has 2 heterocycles. The molecule has 0 aromatic heterocycles. The van der Waals surface area contributed by atoms with Crippen LogP contribution in [0, 0.1) is 5.82 Å². The number of aliphatic imine (C=N–C) groups is 3. The third-order valence-corrected chi connectivity index (χ3v) is 3.74. The minimum Gasteiger partial charge on any atom is -0.318 e. The normalized spacial score (nSPS) is 15.9. The van der Waals surface area contributed by atoms with Crippen LogP contribution < -0.4 is 0 Å². The second kappa shape index (κ2) is 5.28. The summed E-state index contributed by atoms with van der Waals surface area (Å²) < 4.78 is 13.3. The van der Waals surface area contributed by atoms with Crippen LogP contribution in [0.15, 0.2) is 75.4 Å². The molecule has 4 nitrogen and oxygen atoms in total. The van der Waals surface area contributed by atoms with Crippen LogP contribution in [0.2, 0.25) is 0 Å². The van der Waals surface area contributed by atoms with Crippen molar-refractivity contribution in [2.75, 3.05) is 7.05 Å². The maximum atomic E-state index is 13.3. The Balaban J connectivity index is 1.97. The van der Waals surface area contributed by atoms with E-state index in [1.807, 2.05) is 36.2 Å². The number of hydrogen-bond acceptors (Lipinski definition) is 4. The van der Waals surface area contributed by atoms with E-state index < -0.39 is 0 Å². The molecule has 4 rings (SSSR count). The predicted molar refractivity (Wildman–Crippen MR) is 89.9 cm³/mol. The van der Waals surface area contributed by atoms with E-state index in [0.29, 0.717) is 5.70 Å². The van der Waals surface area contributed by atoms with Gasteiger partial charge >= 0.3 is 0 Å². The molecular weight excluding hydrogens is 291 g/mol. The fourth-order valence-electron chi connectivity index (χ4n) is 2.61. The number of rotatable bonds is 1. The van der Waals surface area contributed by atoms with Gasteiger partial charge in [-0.3, -0.25) is 0 Å². The Labute approximate surface area is 133 Å². The maximum Gasteiger partial charge on any atom is 0.161 e. The largest absolute Gasteiger partial charge is 0.318 e. The van der Waals surface area contributed by atoms with Gasteiger partial charge in [-0.25, -0.2) is 19.4 Å². The molecule has 5 heteroatoms. The number of amidine groups is 1. The molecule has 0 amide bonds. The number of hydrogen-bond donors (Lipinski definition) is 0. The van der Waals surface area contributed by atoms with Gasteiger partial charge < -0.3 is 4.90 Å². The van der Waals surface area contributed by atoms with E-state index in [9.17, 15) is 4.39 Å². The van der Waals surface area contributed by atoms with E-state index in [1.165, 1.54) is 12.1 Å². The van der Waals surface area contributed by atoms with Crippen molar-refractivity contribution in [3.63, 3.8) is 0 Å². The van der Waals surface area contributed by atoms with Gasteiger partial charge in [-0.2, -0.15) is 0 Å². The van der Waals surface area contributed by atoms with Crippen LogP contribution in [0.1, 0.15) is 11.1 Å². The zero-order valence-electron chi connectivity index (χ0n) is 12.4. The molecule has 0 saturated heterocycles. The number of para-hydroxylation sites is 1. The number of fused-ring (bicyclic) bond motifs is 2. The molecule has 2 aromatic rings. The molecule has 2 aromatic carbocycles. The lowest BCUT2D eigenvalue weighted by molar-refractivity contribution is 0.628. The topological polar surface area (TPSA) is 40.3 Å². The van der Waals surface area contributed by atoms with Gasteiger partial charge in [0.05, 0.1) is 23.9 Å². The molecule has 112 valence electrons. The van der Waals surface area contributed by atoms with E-state index in [1.54, 1.807) is 24.7 Å². The smallest absolute Gasteiger partial charge is 0.161 e. The summed E-state index contributed by atoms with van der Waals surface area (Å²) in [7, 11) is 1.89. The van der Waals surface area contributed by atoms with Gasteiger partial charge in [-0.05, 0) is 30.3 Å². The predicted octanol–water partition coefficient (Wildman–Crippen LogP) is 3.52. The summed E-state index contributed by atoms with van der Waals surface area (Å²) in [6.45, 7) is 0. The van der Waals surface area contributed by atoms with Crippen molar-refractivity contribution < 1.29 is 4.39 Å². The highest BCUT2D eigenvalue weighted by molar-refractivity contribution is 6.20. The average Bonchev–Trinajstić information content (AvgIpc) is 2.74. The Kier molecular flexibility index (Phi) is 3.12. The molecule has 0 unspecified atom stereocenters. The minimum absolute atomic E-state index is 0.269. The van der Waals surface area contributed by atoms with Crippen molar-refractivity contribution in [3.05, 3.63) is 77.4 Å². The number of halogens is 1. The number of nitrogens with zero attached hydrogens (tertiary/aromatic N) is 4. The zero-order chi connectivity index (χ0) is 15.8. The Morgan fingerprint density at radius 2 is 1.74 bits per heavy atom. The molecule has 0 spiro atoms. The summed E-state index contributed by atoms with van der Waals surface area (Å²) in [6.07, 6.45) is 3.39. The Morgan fingerprint density at radius 1 is 0.957 bits per heavy atom. The molecule has 0 aliphatic carbocycles. The minimum atomic E-state index is -0.269. The highest BCUT2D eigenvalue weighted by atomic mass is 19.1. The van der Waals surface area contributed by atoms with Crippen LogP contribution in [0.4, 0.5) is 10.1 Å². The van der Waals surface area contributed by atoms with E-state index in [-0.39, 0.29) is 5.82 Å². The molecule has 0 N–H and O–H groups in total. The van der Waals surface area contributed by atoms with E-state index in [2.05, 4.69) is 4.99 Å². The molecule has 0 bridgehead atoms. The standard InChI is InChI=1S/C18H13FN4/c1-23-11-20-10-16-18(23)22-15-5-3-2-4-14(15)17(21-16)12-6-8-13(19)9-7-12/h2-11H,1H3. The van der Waals surface area contributed by atoms with E-state index in [4.69, 9.17) is 9.98 Å². The van der Waals surface area contributed by atoms with Crippen molar-refractivity contribution in [1.82, 2.24) is 4.90 Å². The summed E-state index contributed by atoms with van der Waals surface area (Å²) in [5, 5.41) is 0. The lowest BCUT2D eigenvalue weighted by Gasteiger charge is -2.18. The van der Waals surface area contributed by atoms with Crippen LogP contribution in [0.3, 0.4) is 0 Å². The van der Waals surface area contributed by atoms with Gasteiger partial charge in [0, 0.05) is 18.2 Å². The van der Waals surface area contributed by atoms with Crippen molar-refractivity contribution >= 4 is 23.6 Å². The fraction of sp³-hybridized carbons (Fsp3) is 0.0556. The highest BCUT2D eigenvalue weighted by Gasteiger charge is 2.22. The Morgan fingerprint density at radius 3 is 2.57 bits per heavy atom. The van der Waals surface area contributed by atoms with Gasteiger partial charge in [0.2, 0.25) is 0 Å². The van der Waals surface area contributed by atoms with Crippen LogP contribution in [0.25, 0.3) is 0 Å². The zero-order valence-corrected chi connectivity index (χ0v) is 12.4. The molecule has 0 saturated carbocycles. The quantitative estimate of drug-likeness (QED) is 0.794. The van der Waals surface area contributed by atoms with Crippen molar-refractivity contribution in [2.45, 2.75) is 0 Å². The lowest BCUT2D eigenvalue weighted by atomic mass is 10.0. The molecule has 0 atom stereocenters. The first-order valence-electron chi connectivity index (χ1n) is 7.22. The number of likely N-dealkylation sites (N-methyl/N-ethyl adjacent to an activating group) is 1. The Hall–Kier alpha value is -3.08. The molecular formula is C18H13FN4. The average molecular weight is 304 g/mol. The lowest BCUT2D eigenvalue weighted by Crippen LogP contribution is -2.28. The summed E-state index contributed by atoms with van der Waals surface area (Å²) in [5.41, 5.74) is 4.03. The van der Waals surface area contributed by atoms with E-state index in [0.717, 1.165) is 28.4 Å². The maximum absolute atomic E-state index is 13.3. The molecule has 0 radical (unpaired) electrons. The first-order chi connectivity index (χ1) is 11.2. The summed E-state index contributed by atoms with van der Waals surface area (Å²) >= 11 is 0. The van der Waals surface area contributed by atoms with E-state index >= 15 is 0 Å². The highest BCUT2D eigenvalue weighted by Crippen LogP contribution is 2.29. The van der Waals surface area contributed by atoms with Crippen molar-refractivity contribution in [1.29, 1.82) is 0 Å². The summed E-state index contributed by atoms with van der Waals surface area (Å²) in [5.74, 6) is 0.471. The van der Waals surface area contributed by atoms with Gasteiger partial charge in [0.15, 0.2) is 5.84 Å². The second-order valence-corrected chi connectivity index (χ2v) is 5.31. The van der Waals surface area contributed by atoms with Gasteiger partial charge in [-0.15, -0.1) is 0 Å². The third kappa shape index (κ3) is 2.36. The fourth-order valence-corrected chi connectivity index (χ4v) is 2.61. The molecule has 23 heavy (non-hydrogen) atoms. The first kappa shape index (κ1) is 13.6. The van der Waals surface area contributed by atoms with Crippen LogP contribution >= 0.6 is 0 Å². The second-order valence-electron chi connectivity index (χ2n) is 5.31. The van der Waals surface area contributed by atoms with Gasteiger partial charge in [0.25, 0.3) is 0 Å². The monoisotopic (exact) mass is 304 g/mol. The summed E-state index contributed by atoms with van der Waals surface area (Å²) in [6, 6.07) is 14.1. The van der Waals surface area contributed by atoms with Crippen LogP contribution in [-0.4, -0.2) is 29.8 Å². The van der Waals surface area contributed by atoms with Crippen LogP contribution in [-0.2, 0) is 0 Å². The first-order valence-corrected chi connectivity index (χ1v) is 7.22. The van der Waals surface area contributed by atoms with Gasteiger partial charge in [0.1, 0.15) is 11.5 Å². The van der Waals surface area contributed by atoms with Crippen molar-refractivity contribution in [2.24, 2.45) is 15.0 Å². The number of benzene rings is 2. The van der Waals surface area contributed by atoms with Crippen molar-refractivity contribution in [3.8, 4) is 0 Å². The van der Waals surface area contributed by atoms with Crippen LogP contribution in [0.5, 0.6) is 0 Å². The molecule has 0 fully saturated rings.